The van der Waals surface area contributed by atoms with E-state index in [1.54, 1.807) is 18.2 Å². The molecule has 0 unspecified atom stereocenters. The predicted molar refractivity (Wildman–Crippen MR) is 86.7 cm³/mol. The Morgan fingerprint density at radius 1 is 0.957 bits per heavy atom. The van der Waals surface area contributed by atoms with Crippen LogP contribution in [0.25, 0.3) is 0 Å². The van der Waals surface area contributed by atoms with Crippen molar-refractivity contribution in [3.05, 3.63) is 48.0 Å². The standard InChI is InChI=1S/C17H17NO4S/c19-23(20,14-7-8-16-17(12-14)22-11-10-21-16)18-9-3-5-13-4-1-2-6-15(13)18/h1-2,4,6-8,12H,3,5,9-11H2. The fourth-order valence-corrected chi connectivity index (χ4v) is 4.62. The van der Waals surface area contributed by atoms with Gasteiger partial charge in [-0.05, 0) is 36.6 Å². The van der Waals surface area contributed by atoms with Gasteiger partial charge in [-0.1, -0.05) is 18.2 Å². The molecule has 0 spiro atoms. The maximum absolute atomic E-state index is 13.1. The molecule has 23 heavy (non-hydrogen) atoms. The third-order valence-corrected chi connectivity index (χ3v) is 5.98. The van der Waals surface area contributed by atoms with Crippen molar-refractivity contribution in [2.45, 2.75) is 17.7 Å². The number of ether oxygens (including phenoxy) is 2. The van der Waals surface area contributed by atoms with Gasteiger partial charge in [0.05, 0.1) is 10.6 Å². The molecule has 2 aromatic rings. The molecule has 4 rings (SSSR count). The molecule has 5 nitrogen and oxygen atoms in total. The molecule has 2 aliphatic heterocycles. The number of para-hydroxylation sites is 1. The first-order chi connectivity index (χ1) is 11.2. The van der Waals surface area contributed by atoms with E-state index in [-0.39, 0.29) is 4.90 Å². The van der Waals surface area contributed by atoms with Crippen LogP contribution in [0.4, 0.5) is 5.69 Å². The normalized spacial score (nSPS) is 16.8. The molecule has 0 radical (unpaired) electrons. The van der Waals surface area contributed by atoms with E-state index in [0.29, 0.717) is 31.3 Å². The molecule has 6 heteroatoms. The molecule has 120 valence electrons. The van der Waals surface area contributed by atoms with Crippen LogP contribution in [0.2, 0.25) is 0 Å². The molecular weight excluding hydrogens is 314 g/mol. The van der Waals surface area contributed by atoms with Gasteiger partial charge >= 0.3 is 0 Å². The number of aryl methyl sites for hydroxylation is 1. The van der Waals surface area contributed by atoms with Crippen LogP contribution in [0.1, 0.15) is 12.0 Å². The first-order valence-electron chi connectivity index (χ1n) is 7.66. The summed E-state index contributed by atoms with van der Waals surface area (Å²) in [5.41, 5.74) is 1.84. The average Bonchev–Trinajstić information content (AvgIpc) is 2.60. The predicted octanol–water partition coefficient (Wildman–Crippen LogP) is 2.60. The van der Waals surface area contributed by atoms with Gasteiger partial charge in [-0.15, -0.1) is 0 Å². The van der Waals surface area contributed by atoms with Gasteiger partial charge in [0.15, 0.2) is 11.5 Å². The van der Waals surface area contributed by atoms with E-state index >= 15 is 0 Å². The Labute approximate surface area is 135 Å². The minimum atomic E-state index is -3.61. The van der Waals surface area contributed by atoms with Gasteiger partial charge in [-0.3, -0.25) is 4.31 Å². The lowest BCUT2D eigenvalue weighted by molar-refractivity contribution is 0.171. The van der Waals surface area contributed by atoms with Crippen molar-refractivity contribution in [3.8, 4) is 11.5 Å². The third kappa shape index (κ3) is 2.43. The number of hydrogen-bond acceptors (Lipinski definition) is 4. The summed E-state index contributed by atoms with van der Waals surface area (Å²) in [6.07, 6.45) is 1.73. The number of fused-ring (bicyclic) bond motifs is 2. The van der Waals surface area contributed by atoms with Crippen molar-refractivity contribution in [1.29, 1.82) is 0 Å². The lowest BCUT2D eigenvalue weighted by atomic mass is 10.0. The molecular formula is C17H17NO4S. The average molecular weight is 331 g/mol. The molecule has 0 amide bonds. The van der Waals surface area contributed by atoms with Crippen LogP contribution in [0.15, 0.2) is 47.4 Å². The molecule has 0 atom stereocenters. The number of hydrogen-bond donors (Lipinski definition) is 0. The number of sulfonamides is 1. The maximum Gasteiger partial charge on any atom is 0.264 e. The Balaban J connectivity index is 1.77. The van der Waals surface area contributed by atoms with Gasteiger partial charge in [0.1, 0.15) is 13.2 Å². The molecule has 0 bridgehead atoms. The van der Waals surface area contributed by atoms with Gasteiger partial charge in [0.2, 0.25) is 0 Å². The van der Waals surface area contributed by atoms with E-state index in [1.165, 1.54) is 4.31 Å². The van der Waals surface area contributed by atoms with Gasteiger partial charge in [0.25, 0.3) is 10.0 Å². The first-order valence-corrected chi connectivity index (χ1v) is 9.10. The molecule has 0 aromatic heterocycles. The number of rotatable bonds is 2. The molecule has 0 saturated carbocycles. The highest BCUT2D eigenvalue weighted by Crippen LogP contribution is 2.36. The second kappa shape index (κ2) is 5.45. The minimum Gasteiger partial charge on any atom is -0.486 e. The molecule has 0 saturated heterocycles. The Hall–Kier alpha value is -2.21. The second-order valence-corrected chi connectivity index (χ2v) is 7.48. The van der Waals surface area contributed by atoms with Crippen molar-refractivity contribution in [2.75, 3.05) is 24.1 Å². The van der Waals surface area contributed by atoms with E-state index < -0.39 is 10.0 Å². The molecule has 2 heterocycles. The fraction of sp³-hybridized carbons (Fsp3) is 0.294. The number of benzene rings is 2. The summed E-state index contributed by atoms with van der Waals surface area (Å²) >= 11 is 0. The highest BCUT2D eigenvalue weighted by molar-refractivity contribution is 7.92. The van der Waals surface area contributed by atoms with Crippen LogP contribution in [0.3, 0.4) is 0 Å². The number of anilines is 1. The smallest absolute Gasteiger partial charge is 0.264 e. The van der Waals surface area contributed by atoms with Crippen molar-refractivity contribution < 1.29 is 17.9 Å². The first kappa shape index (κ1) is 14.4. The molecule has 0 N–H and O–H groups in total. The Kier molecular flexibility index (Phi) is 3.41. The zero-order valence-corrected chi connectivity index (χ0v) is 13.4. The third-order valence-electron chi connectivity index (χ3n) is 4.17. The topological polar surface area (TPSA) is 55.8 Å². The van der Waals surface area contributed by atoms with Crippen molar-refractivity contribution >= 4 is 15.7 Å². The quantitative estimate of drug-likeness (QED) is 0.849. The lowest BCUT2D eigenvalue weighted by Crippen LogP contribution is -2.35. The SMILES string of the molecule is O=S(=O)(c1ccc2c(c1)OCCO2)N1CCCc2ccccc21. The Morgan fingerprint density at radius 2 is 1.74 bits per heavy atom. The summed E-state index contributed by atoms with van der Waals surface area (Å²) in [5, 5.41) is 0. The van der Waals surface area contributed by atoms with Crippen LogP contribution in [0, 0.1) is 0 Å². The summed E-state index contributed by atoms with van der Waals surface area (Å²) in [5.74, 6) is 1.08. The van der Waals surface area contributed by atoms with E-state index in [0.717, 1.165) is 24.1 Å². The van der Waals surface area contributed by atoms with Crippen molar-refractivity contribution in [2.24, 2.45) is 0 Å². The fourth-order valence-electron chi connectivity index (χ4n) is 3.06. The Morgan fingerprint density at radius 3 is 2.61 bits per heavy atom. The molecule has 0 fully saturated rings. The Bertz CT molecular complexity index is 847. The zero-order chi connectivity index (χ0) is 15.9. The lowest BCUT2D eigenvalue weighted by Gasteiger charge is -2.30. The van der Waals surface area contributed by atoms with Crippen LogP contribution in [-0.4, -0.2) is 28.2 Å². The van der Waals surface area contributed by atoms with E-state index in [1.807, 2.05) is 24.3 Å². The summed E-state index contributed by atoms with van der Waals surface area (Å²) < 4.78 is 38.6. The van der Waals surface area contributed by atoms with Crippen LogP contribution in [-0.2, 0) is 16.4 Å². The summed E-state index contributed by atoms with van der Waals surface area (Å²) in [7, 11) is -3.61. The van der Waals surface area contributed by atoms with E-state index in [9.17, 15) is 8.42 Å². The van der Waals surface area contributed by atoms with E-state index in [4.69, 9.17) is 9.47 Å². The van der Waals surface area contributed by atoms with Gasteiger partial charge in [-0.2, -0.15) is 0 Å². The van der Waals surface area contributed by atoms with Gasteiger partial charge in [0, 0.05) is 12.6 Å². The second-order valence-electron chi connectivity index (χ2n) is 5.61. The highest BCUT2D eigenvalue weighted by atomic mass is 32.2. The minimum absolute atomic E-state index is 0.235. The van der Waals surface area contributed by atoms with E-state index in [2.05, 4.69) is 0 Å². The van der Waals surface area contributed by atoms with Crippen LogP contribution in [0.5, 0.6) is 11.5 Å². The summed E-state index contributed by atoms with van der Waals surface area (Å²) in [6, 6.07) is 12.5. The van der Waals surface area contributed by atoms with Crippen molar-refractivity contribution in [3.63, 3.8) is 0 Å². The number of nitrogens with zero attached hydrogens (tertiary/aromatic N) is 1. The molecule has 2 aromatic carbocycles. The highest BCUT2D eigenvalue weighted by Gasteiger charge is 2.30. The monoisotopic (exact) mass is 331 g/mol. The summed E-state index contributed by atoms with van der Waals surface area (Å²) in [6.45, 7) is 1.41. The molecule has 2 aliphatic rings. The molecule has 0 aliphatic carbocycles. The van der Waals surface area contributed by atoms with Gasteiger partial charge < -0.3 is 9.47 Å². The van der Waals surface area contributed by atoms with Crippen LogP contribution < -0.4 is 13.8 Å². The van der Waals surface area contributed by atoms with Crippen molar-refractivity contribution in [1.82, 2.24) is 0 Å². The maximum atomic E-state index is 13.1. The van der Waals surface area contributed by atoms with Crippen LogP contribution >= 0.6 is 0 Å². The summed E-state index contributed by atoms with van der Waals surface area (Å²) in [4.78, 5) is 0.235. The largest absolute Gasteiger partial charge is 0.486 e. The van der Waals surface area contributed by atoms with Gasteiger partial charge in [-0.25, -0.2) is 8.42 Å². The zero-order valence-electron chi connectivity index (χ0n) is 12.6.